The van der Waals surface area contributed by atoms with Crippen LogP contribution in [0.3, 0.4) is 0 Å². The maximum Gasteiger partial charge on any atom is 0.123 e. The number of unbranched alkanes of at least 4 members (excludes halogenated alkanes) is 3. The Balaban J connectivity index is 2.51. The van der Waals surface area contributed by atoms with Gasteiger partial charge < -0.3 is 5.11 Å². The second kappa shape index (κ2) is 7.46. The second-order valence-electron chi connectivity index (χ2n) is 4.84. The molecule has 0 saturated carbocycles. The Morgan fingerprint density at radius 3 is 2.44 bits per heavy atom. The van der Waals surface area contributed by atoms with Crippen LogP contribution >= 0.6 is 11.6 Å². The van der Waals surface area contributed by atoms with Crippen molar-refractivity contribution in [2.75, 3.05) is 0 Å². The Hall–Kier alpha value is -0.970. The molecule has 0 amide bonds. The van der Waals surface area contributed by atoms with Gasteiger partial charge in [0, 0.05) is 10.6 Å². The molecule has 0 aliphatic carbocycles. The minimum Gasteiger partial charge on any atom is -0.378 e. The Kier molecular flexibility index (Phi) is 6.25. The predicted octanol–water partition coefficient (Wildman–Crippen LogP) is 4.41. The van der Waals surface area contributed by atoms with Crippen molar-refractivity contribution >= 4 is 11.6 Å². The zero-order valence-electron chi connectivity index (χ0n) is 11.2. The Morgan fingerprint density at radius 1 is 1.17 bits per heavy atom. The fraction of sp³-hybridized carbons (Fsp3) is 0.500. The molecule has 1 N–H and O–H groups in total. The predicted molar refractivity (Wildman–Crippen MR) is 77.7 cm³/mol. The fourth-order valence-electron chi connectivity index (χ4n) is 1.70. The van der Waals surface area contributed by atoms with Gasteiger partial charge in [0.2, 0.25) is 0 Å². The largest absolute Gasteiger partial charge is 0.378 e. The van der Waals surface area contributed by atoms with Gasteiger partial charge in [0.1, 0.15) is 5.60 Å². The van der Waals surface area contributed by atoms with E-state index in [0.717, 1.165) is 24.8 Å². The van der Waals surface area contributed by atoms with Crippen molar-refractivity contribution in [1.82, 2.24) is 0 Å². The van der Waals surface area contributed by atoms with Crippen molar-refractivity contribution in [3.05, 3.63) is 34.9 Å². The summed E-state index contributed by atoms with van der Waals surface area (Å²) in [6.45, 7) is 3.96. The van der Waals surface area contributed by atoms with Gasteiger partial charge in [-0.25, -0.2) is 0 Å². The average Bonchev–Trinajstić information content (AvgIpc) is 2.34. The molecule has 1 aromatic carbocycles. The Bertz CT molecular complexity index is 409. The first-order chi connectivity index (χ1) is 8.53. The molecule has 1 aromatic rings. The molecule has 1 rings (SSSR count). The maximum absolute atomic E-state index is 10.1. The molecule has 0 bridgehead atoms. The summed E-state index contributed by atoms with van der Waals surface area (Å²) in [5, 5.41) is 10.8. The van der Waals surface area contributed by atoms with Crippen molar-refractivity contribution in [1.29, 1.82) is 0 Å². The lowest BCUT2D eigenvalue weighted by molar-refractivity contribution is 0.109. The van der Waals surface area contributed by atoms with Gasteiger partial charge in [0.15, 0.2) is 0 Å². The second-order valence-corrected chi connectivity index (χ2v) is 5.28. The lowest BCUT2D eigenvalue weighted by Gasteiger charge is -2.15. The molecule has 1 unspecified atom stereocenters. The number of rotatable bonds is 5. The molecule has 0 spiro atoms. The molecule has 1 atom stereocenters. The highest BCUT2D eigenvalue weighted by Crippen LogP contribution is 2.15. The summed E-state index contributed by atoms with van der Waals surface area (Å²) in [5.74, 6) is 5.93. The highest BCUT2D eigenvalue weighted by molar-refractivity contribution is 6.30. The number of hydrogen-bond donors (Lipinski definition) is 1. The standard InChI is InChI=1S/C16H21ClO/c1-3-4-5-6-12-16(2,18)13-11-14-7-9-15(17)10-8-14/h7-10,18H,3-6,12H2,1-2H3. The van der Waals surface area contributed by atoms with Gasteiger partial charge in [-0.1, -0.05) is 49.6 Å². The third kappa shape index (κ3) is 6.10. The quantitative estimate of drug-likeness (QED) is 0.617. The molecule has 0 heterocycles. The summed E-state index contributed by atoms with van der Waals surface area (Å²) in [7, 11) is 0. The molecule has 0 fully saturated rings. The molecular formula is C16H21ClO. The van der Waals surface area contributed by atoms with Crippen molar-refractivity contribution in [2.45, 2.75) is 51.6 Å². The van der Waals surface area contributed by atoms with Gasteiger partial charge in [-0.3, -0.25) is 0 Å². The van der Waals surface area contributed by atoms with Crippen LogP contribution < -0.4 is 0 Å². The van der Waals surface area contributed by atoms with Crippen LogP contribution in [0.25, 0.3) is 0 Å². The number of hydrogen-bond acceptors (Lipinski definition) is 1. The van der Waals surface area contributed by atoms with E-state index < -0.39 is 5.60 Å². The first kappa shape index (κ1) is 15.1. The summed E-state index contributed by atoms with van der Waals surface area (Å²) in [6.07, 6.45) is 5.35. The summed E-state index contributed by atoms with van der Waals surface area (Å²) in [5.41, 5.74) is -0.0128. The van der Waals surface area contributed by atoms with Gasteiger partial charge >= 0.3 is 0 Å². The maximum atomic E-state index is 10.1. The Labute approximate surface area is 115 Å². The average molecular weight is 265 g/mol. The molecule has 0 saturated heterocycles. The number of benzene rings is 1. The third-order valence-corrected chi connectivity index (χ3v) is 3.09. The third-order valence-electron chi connectivity index (χ3n) is 2.84. The van der Waals surface area contributed by atoms with Crippen LogP contribution in [-0.2, 0) is 0 Å². The highest BCUT2D eigenvalue weighted by Gasteiger charge is 2.15. The van der Waals surface area contributed by atoms with E-state index in [-0.39, 0.29) is 0 Å². The summed E-state index contributed by atoms with van der Waals surface area (Å²) >= 11 is 5.80. The van der Waals surface area contributed by atoms with Gasteiger partial charge in [0.05, 0.1) is 0 Å². The SMILES string of the molecule is CCCCCCC(C)(O)C#Cc1ccc(Cl)cc1. The molecule has 0 aliphatic rings. The fourth-order valence-corrected chi connectivity index (χ4v) is 1.82. The van der Waals surface area contributed by atoms with E-state index >= 15 is 0 Å². The number of aliphatic hydroxyl groups is 1. The first-order valence-corrected chi connectivity index (χ1v) is 6.92. The summed E-state index contributed by atoms with van der Waals surface area (Å²) in [4.78, 5) is 0. The first-order valence-electron chi connectivity index (χ1n) is 6.54. The van der Waals surface area contributed by atoms with Crippen molar-refractivity contribution in [2.24, 2.45) is 0 Å². The van der Waals surface area contributed by atoms with E-state index in [9.17, 15) is 5.11 Å². The van der Waals surface area contributed by atoms with E-state index in [1.165, 1.54) is 12.8 Å². The van der Waals surface area contributed by atoms with Crippen molar-refractivity contribution in [3.63, 3.8) is 0 Å². The monoisotopic (exact) mass is 264 g/mol. The summed E-state index contributed by atoms with van der Waals surface area (Å²) in [6, 6.07) is 7.34. The molecule has 0 radical (unpaired) electrons. The number of halogens is 1. The molecule has 2 heteroatoms. The van der Waals surface area contributed by atoms with Crippen molar-refractivity contribution < 1.29 is 5.11 Å². The van der Waals surface area contributed by atoms with E-state index in [4.69, 9.17) is 11.6 Å². The van der Waals surface area contributed by atoms with Crippen LogP contribution in [0.15, 0.2) is 24.3 Å². The van der Waals surface area contributed by atoms with Crippen LogP contribution in [-0.4, -0.2) is 10.7 Å². The van der Waals surface area contributed by atoms with E-state index in [2.05, 4.69) is 18.8 Å². The normalized spacial score (nSPS) is 13.6. The molecule has 98 valence electrons. The van der Waals surface area contributed by atoms with Crippen LogP contribution in [0.5, 0.6) is 0 Å². The topological polar surface area (TPSA) is 20.2 Å². The van der Waals surface area contributed by atoms with Crippen LogP contribution in [0, 0.1) is 11.8 Å². The van der Waals surface area contributed by atoms with Crippen LogP contribution in [0.1, 0.15) is 51.5 Å². The molecular weight excluding hydrogens is 244 g/mol. The smallest absolute Gasteiger partial charge is 0.123 e. The molecule has 18 heavy (non-hydrogen) atoms. The highest BCUT2D eigenvalue weighted by atomic mass is 35.5. The lowest BCUT2D eigenvalue weighted by atomic mass is 9.98. The summed E-state index contributed by atoms with van der Waals surface area (Å²) < 4.78 is 0. The minimum absolute atomic E-state index is 0.701. The van der Waals surface area contributed by atoms with E-state index in [0.29, 0.717) is 5.02 Å². The van der Waals surface area contributed by atoms with E-state index in [1.807, 2.05) is 24.3 Å². The van der Waals surface area contributed by atoms with Gasteiger partial charge in [-0.2, -0.15) is 0 Å². The van der Waals surface area contributed by atoms with E-state index in [1.54, 1.807) is 6.92 Å². The van der Waals surface area contributed by atoms with Crippen LogP contribution in [0.4, 0.5) is 0 Å². The van der Waals surface area contributed by atoms with Gasteiger partial charge in [-0.15, -0.1) is 0 Å². The zero-order chi connectivity index (χ0) is 13.4. The lowest BCUT2D eigenvalue weighted by Crippen LogP contribution is -2.21. The molecule has 1 nitrogen and oxygen atoms in total. The van der Waals surface area contributed by atoms with Gasteiger partial charge in [-0.05, 0) is 44.0 Å². The minimum atomic E-state index is -0.895. The van der Waals surface area contributed by atoms with Crippen molar-refractivity contribution in [3.8, 4) is 11.8 Å². The molecule has 0 aromatic heterocycles. The zero-order valence-corrected chi connectivity index (χ0v) is 11.9. The molecule has 0 aliphatic heterocycles. The van der Waals surface area contributed by atoms with Crippen LogP contribution in [0.2, 0.25) is 5.02 Å². The van der Waals surface area contributed by atoms with Gasteiger partial charge in [0.25, 0.3) is 0 Å². The Morgan fingerprint density at radius 2 is 1.83 bits per heavy atom.